The summed E-state index contributed by atoms with van der Waals surface area (Å²) in [6, 6.07) is 8.00. The van der Waals surface area contributed by atoms with Gasteiger partial charge < -0.3 is 0 Å². The summed E-state index contributed by atoms with van der Waals surface area (Å²) in [5.74, 6) is 0. The molecule has 1 heterocycles. The molecule has 0 bridgehead atoms. The van der Waals surface area contributed by atoms with E-state index in [1.165, 1.54) is 10.2 Å². The second-order valence-corrected chi connectivity index (χ2v) is 10.1. The standard InChI is InChI=1S/C9H8ClNSe2/c1-6-11-9(13-12-6)7-2-4-8(10)5-3-7/h2-6H,1H3. The van der Waals surface area contributed by atoms with Crippen LogP contribution in [0.5, 0.6) is 0 Å². The van der Waals surface area contributed by atoms with Crippen LogP contribution in [0.3, 0.4) is 0 Å². The molecule has 4 heteroatoms. The third-order valence-corrected chi connectivity index (χ3v) is 9.77. The van der Waals surface area contributed by atoms with Gasteiger partial charge in [0.05, 0.1) is 0 Å². The zero-order valence-corrected chi connectivity index (χ0v) is 11.2. The molecular formula is C9H8ClNSe2. The van der Waals surface area contributed by atoms with Crippen LogP contribution in [0, 0.1) is 0 Å². The van der Waals surface area contributed by atoms with E-state index in [1.807, 2.05) is 12.1 Å². The average Bonchev–Trinajstić information content (AvgIpc) is 2.53. The van der Waals surface area contributed by atoms with E-state index >= 15 is 0 Å². The predicted molar refractivity (Wildman–Crippen MR) is 59.0 cm³/mol. The van der Waals surface area contributed by atoms with E-state index in [-0.39, 0.29) is 0 Å². The maximum atomic E-state index is 5.82. The van der Waals surface area contributed by atoms with E-state index < -0.39 is 0 Å². The molecule has 1 aliphatic heterocycles. The quantitative estimate of drug-likeness (QED) is 0.699. The molecule has 1 aromatic carbocycles. The Labute approximate surface area is 93.8 Å². The molecule has 1 unspecified atom stereocenters. The Morgan fingerprint density at radius 2 is 2.00 bits per heavy atom. The Morgan fingerprint density at radius 1 is 1.31 bits per heavy atom. The molecule has 1 atom stereocenters. The fourth-order valence-corrected chi connectivity index (χ4v) is 7.71. The first-order chi connectivity index (χ1) is 6.25. The van der Waals surface area contributed by atoms with Crippen molar-refractivity contribution in [2.45, 2.75) is 11.9 Å². The molecule has 0 fully saturated rings. The van der Waals surface area contributed by atoms with Gasteiger partial charge in [-0.2, -0.15) is 0 Å². The van der Waals surface area contributed by atoms with E-state index in [4.69, 9.17) is 11.6 Å². The molecule has 1 aliphatic rings. The number of halogens is 1. The molecule has 0 saturated heterocycles. The number of benzene rings is 1. The first kappa shape index (κ1) is 9.76. The van der Waals surface area contributed by atoms with Crippen molar-refractivity contribution in [1.29, 1.82) is 0 Å². The molecule has 0 N–H and O–H groups in total. The van der Waals surface area contributed by atoms with Crippen LogP contribution in [0.4, 0.5) is 0 Å². The number of hydrogen-bond acceptors (Lipinski definition) is 1. The first-order valence-corrected chi connectivity index (χ1v) is 10.5. The van der Waals surface area contributed by atoms with Crippen LogP contribution in [0.2, 0.25) is 5.02 Å². The summed E-state index contributed by atoms with van der Waals surface area (Å²) in [5, 5.41) is 0.799. The van der Waals surface area contributed by atoms with Gasteiger partial charge in [0, 0.05) is 0 Å². The van der Waals surface area contributed by atoms with Gasteiger partial charge in [0.2, 0.25) is 0 Å². The van der Waals surface area contributed by atoms with E-state index in [0.29, 0.717) is 18.1 Å². The van der Waals surface area contributed by atoms with Gasteiger partial charge in [-0.15, -0.1) is 0 Å². The molecule has 13 heavy (non-hydrogen) atoms. The van der Waals surface area contributed by atoms with E-state index in [1.54, 1.807) is 0 Å². The van der Waals surface area contributed by atoms with Crippen molar-refractivity contribution in [2.75, 3.05) is 0 Å². The molecule has 0 aromatic heterocycles. The monoisotopic (exact) mass is 325 g/mol. The van der Waals surface area contributed by atoms with Crippen molar-refractivity contribution in [3.8, 4) is 0 Å². The molecule has 68 valence electrons. The van der Waals surface area contributed by atoms with Crippen molar-refractivity contribution in [2.24, 2.45) is 4.99 Å². The summed E-state index contributed by atoms with van der Waals surface area (Å²) < 4.78 is 1.32. The van der Waals surface area contributed by atoms with Crippen molar-refractivity contribution >= 4 is 42.5 Å². The first-order valence-electron chi connectivity index (χ1n) is 3.93. The molecule has 0 amide bonds. The number of nitrogens with zero attached hydrogens (tertiary/aromatic N) is 1. The topological polar surface area (TPSA) is 12.4 Å². The van der Waals surface area contributed by atoms with E-state index in [2.05, 4.69) is 24.0 Å². The number of aliphatic imine (C=N–C) groups is 1. The molecule has 0 spiro atoms. The van der Waals surface area contributed by atoms with Crippen molar-refractivity contribution in [3.63, 3.8) is 0 Å². The summed E-state index contributed by atoms with van der Waals surface area (Å²) in [7, 11) is 0. The van der Waals surface area contributed by atoms with Crippen LogP contribution in [-0.4, -0.2) is 35.8 Å². The zero-order chi connectivity index (χ0) is 9.26. The van der Waals surface area contributed by atoms with Gasteiger partial charge in [0.25, 0.3) is 0 Å². The fraction of sp³-hybridized carbons (Fsp3) is 0.222. The number of hydrogen-bond donors (Lipinski definition) is 0. The molecule has 0 saturated carbocycles. The Morgan fingerprint density at radius 3 is 2.54 bits per heavy atom. The summed E-state index contributed by atoms with van der Waals surface area (Å²) in [4.78, 5) is 5.20. The maximum absolute atomic E-state index is 5.82. The third-order valence-electron chi connectivity index (χ3n) is 1.66. The van der Waals surface area contributed by atoms with Crippen LogP contribution in [0.15, 0.2) is 29.3 Å². The van der Waals surface area contributed by atoms with Crippen molar-refractivity contribution in [1.82, 2.24) is 0 Å². The molecule has 0 aliphatic carbocycles. The minimum atomic E-state index is 0.582. The SMILES string of the molecule is CC1N=C(c2ccc(Cl)cc2)[Se][Se]1. The van der Waals surface area contributed by atoms with Gasteiger partial charge in [0.1, 0.15) is 0 Å². The van der Waals surface area contributed by atoms with Gasteiger partial charge in [0.15, 0.2) is 0 Å². The zero-order valence-electron chi connectivity index (χ0n) is 7.03. The average molecular weight is 324 g/mol. The van der Waals surface area contributed by atoms with Gasteiger partial charge >= 0.3 is 94.2 Å². The minimum absolute atomic E-state index is 0.582. The summed E-state index contributed by atoms with van der Waals surface area (Å²) in [6.45, 7) is 2.20. The van der Waals surface area contributed by atoms with Crippen molar-refractivity contribution < 1.29 is 0 Å². The molecule has 1 nitrogen and oxygen atoms in total. The third kappa shape index (κ3) is 2.37. The molecule has 1 aromatic rings. The summed E-state index contributed by atoms with van der Waals surface area (Å²) in [6.07, 6.45) is 0. The van der Waals surface area contributed by atoms with Crippen LogP contribution < -0.4 is 0 Å². The van der Waals surface area contributed by atoms with Gasteiger partial charge in [-0.05, 0) is 0 Å². The second-order valence-electron chi connectivity index (χ2n) is 2.72. The van der Waals surface area contributed by atoms with Crippen LogP contribution in [0.1, 0.15) is 12.5 Å². The summed E-state index contributed by atoms with van der Waals surface area (Å²) in [5.41, 5.74) is 1.26. The summed E-state index contributed by atoms with van der Waals surface area (Å²) >= 11 is 7.17. The molecular weight excluding hydrogens is 315 g/mol. The normalized spacial score (nSPS) is 21.7. The van der Waals surface area contributed by atoms with E-state index in [0.717, 1.165) is 18.2 Å². The Balaban J connectivity index is 2.26. The Hall–Kier alpha value is 0.219. The van der Waals surface area contributed by atoms with Crippen LogP contribution in [-0.2, 0) is 0 Å². The van der Waals surface area contributed by atoms with E-state index in [9.17, 15) is 0 Å². The Kier molecular flexibility index (Phi) is 3.13. The van der Waals surface area contributed by atoms with Gasteiger partial charge in [-0.25, -0.2) is 0 Å². The van der Waals surface area contributed by atoms with Crippen LogP contribution in [0.25, 0.3) is 0 Å². The fourth-order valence-electron chi connectivity index (χ4n) is 1.04. The van der Waals surface area contributed by atoms with Crippen LogP contribution >= 0.6 is 11.6 Å². The number of rotatable bonds is 1. The van der Waals surface area contributed by atoms with Gasteiger partial charge in [-0.3, -0.25) is 0 Å². The molecule has 0 radical (unpaired) electrons. The Bertz CT molecular complexity index is 334. The molecule has 2 rings (SSSR count). The predicted octanol–water partition coefficient (Wildman–Crippen LogP) is 1.77. The van der Waals surface area contributed by atoms with Crippen molar-refractivity contribution in [3.05, 3.63) is 34.9 Å². The second kappa shape index (κ2) is 4.16. The van der Waals surface area contributed by atoms with Gasteiger partial charge in [-0.1, -0.05) is 0 Å².